The average molecular weight is 229 g/mol. The minimum absolute atomic E-state index is 0.635. The van der Waals surface area contributed by atoms with Gasteiger partial charge in [0.15, 0.2) is 0 Å². The van der Waals surface area contributed by atoms with Crippen LogP contribution in [0.15, 0.2) is 29.0 Å². The van der Waals surface area contributed by atoms with Crippen molar-refractivity contribution in [3.8, 4) is 11.1 Å². The fourth-order valence-electron chi connectivity index (χ4n) is 2.47. The molecule has 0 unspecified atom stereocenters. The molecule has 0 aliphatic heterocycles. The molecule has 1 aromatic heterocycles. The van der Waals surface area contributed by atoms with E-state index in [2.05, 4.69) is 29.0 Å². The van der Waals surface area contributed by atoms with Gasteiger partial charge in [-0.2, -0.15) is 11.3 Å². The highest BCUT2D eigenvalue weighted by molar-refractivity contribution is 7.08. The number of aryl methyl sites for hydroxylation is 2. The lowest BCUT2D eigenvalue weighted by atomic mass is 10.00. The Bertz CT molecular complexity index is 513. The zero-order chi connectivity index (χ0) is 11.0. The van der Waals surface area contributed by atoms with Gasteiger partial charge < -0.3 is 5.73 Å². The number of hydrogen-bond donors (Lipinski definition) is 1. The van der Waals surface area contributed by atoms with Crippen molar-refractivity contribution >= 4 is 11.3 Å². The summed E-state index contributed by atoms with van der Waals surface area (Å²) in [6.45, 7) is 0.635. The van der Waals surface area contributed by atoms with Crippen LogP contribution in [-0.4, -0.2) is 0 Å². The van der Waals surface area contributed by atoms with Crippen molar-refractivity contribution in [1.82, 2.24) is 0 Å². The smallest absolute Gasteiger partial charge is 0.0192 e. The lowest BCUT2D eigenvalue weighted by Gasteiger charge is -2.05. The van der Waals surface area contributed by atoms with Crippen molar-refractivity contribution in [2.45, 2.75) is 25.8 Å². The SMILES string of the molecule is NCc1cscc1-c1ccc2c(c1)CCC2. The molecule has 0 bridgehead atoms. The lowest BCUT2D eigenvalue weighted by Crippen LogP contribution is -1.96. The third-order valence-electron chi connectivity index (χ3n) is 3.37. The maximum atomic E-state index is 5.75. The molecule has 1 aliphatic rings. The Balaban J connectivity index is 2.07. The molecule has 1 aliphatic carbocycles. The molecule has 0 saturated carbocycles. The van der Waals surface area contributed by atoms with Gasteiger partial charge in [-0.1, -0.05) is 18.2 Å². The van der Waals surface area contributed by atoms with Crippen molar-refractivity contribution in [2.24, 2.45) is 5.73 Å². The molecular formula is C14H15NS. The molecule has 1 heterocycles. The van der Waals surface area contributed by atoms with Crippen molar-refractivity contribution in [3.05, 3.63) is 45.6 Å². The lowest BCUT2D eigenvalue weighted by molar-refractivity contribution is 0.912. The number of thiophene rings is 1. The normalized spacial score (nSPS) is 14.1. The first-order valence-electron chi connectivity index (χ1n) is 5.76. The standard InChI is InChI=1S/C14H15NS/c15-7-13-8-16-9-14(13)12-5-4-10-2-1-3-11(10)6-12/h4-6,8-9H,1-3,7,15H2. The quantitative estimate of drug-likeness (QED) is 0.839. The summed E-state index contributed by atoms with van der Waals surface area (Å²) in [5.74, 6) is 0. The van der Waals surface area contributed by atoms with Gasteiger partial charge in [0.2, 0.25) is 0 Å². The maximum absolute atomic E-state index is 5.75. The second-order valence-corrected chi connectivity index (χ2v) is 5.10. The van der Waals surface area contributed by atoms with Crippen LogP contribution >= 0.6 is 11.3 Å². The molecule has 0 saturated heterocycles. The van der Waals surface area contributed by atoms with Gasteiger partial charge >= 0.3 is 0 Å². The molecule has 0 atom stereocenters. The topological polar surface area (TPSA) is 26.0 Å². The molecule has 1 aromatic carbocycles. The maximum Gasteiger partial charge on any atom is 0.0192 e. The second kappa shape index (κ2) is 4.04. The summed E-state index contributed by atoms with van der Waals surface area (Å²) in [4.78, 5) is 0. The Hall–Kier alpha value is -1.12. The van der Waals surface area contributed by atoms with Crippen molar-refractivity contribution in [1.29, 1.82) is 0 Å². The van der Waals surface area contributed by atoms with Gasteiger partial charge in [-0.05, 0) is 57.8 Å². The Morgan fingerprint density at radius 3 is 2.88 bits per heavy atom. The van der Waals surface area contributed by atoms with Gasteiger partial charge in [0.05, 0.1) is 0 Å². The minimum Gasteiger partial charge on any atom is -0.326 e. The third kappa shape index (κ3) is 1.58. The summed E-state index contributed by atoms with van der Waals surface area (Å²) in [7, 11) is 0. The molecule has 2 N–H and O–H groups in total. The fraction of sp³-hybridized carbons (Fsp3) is 0.286. The van der Waals surface area contributed by atoms with Crippen LogP contribution in [0.3, 0.4) is 0 Å². The van der Waals surface area contributed by atoms with E-state index in [1.54, 1.807) is 11.3 Å². The predicted molar refractivity (Wildman–Crippen MR) is 69.7 cm³/mol. The van der Waals surface area contributed by atoms with Gasteiger partial charge in [0.25, 0.3) is 0 Å². The van der Waals surface area contributed by atoms with Gasteiger partial charge in [-0.15, -0.1) is 0 Å². The van der Waals surface area contributed by atoms with Crippen LogP contribution in [0.2, 0.25) is 0 Å². The Morgan fingerprint density at radius 1 is 1.12 bits per heavy atom. The third-order valence-corrected chi connectivity index (χ3v) is 4.16. The summed E-state index contributed by atoms with van der Waals surface area (Å²) in [5.41, 5.74) is 12.7. The monoisotopic (exact) mass is 229 g/mol. The minimum atomic E-state index is 0.635. The summed E-state index contributed by atoms with van der Waals surface area (Å²) in [6.07, 6.45) is 3.81. The molecule has 0 spiro atoms. The first-order chi connectivity index (χ1) is 7.88. The highest BCUT2D eigenvalue weighted by atomic mass is 32.1. The van der Waals surface area contributed by atoms with Gasteiger partial charge in [-0.3, -0.25) is 0 Å². The second-order valence-electron chi connectivity index (χ2n) is 4.35. The number of fused-ring (bicyclic) bond motifs is 1. The molecule has 16 heavy (non-hydrogen) atoms. The van der Waals surface area contributed by atoms with Crippen LogP contribution in [0, 0.1) is 0 Å². The highest BCUT2D eigenvalue weighted by Gasteiger charge is 2.12. The van der Waals surface area contributed by atoms with Crippen LogP contribution in [0.5, 0.6) is 0 Å². The molecule has 0 amide bonds. The molecule has 2 heteroatoms. The first kappa shape index (κ1) is 10.1. The predicted octanol–water partition coefficient (Wildman–Crippen LogP) is 3.36. The zero-order valence-electron chi connectivity index (χ0n) is 9.20. The van der Waals surface area contributed by atoms with E-state index in [0.717, 1.165) is 0 Å². The summed E-state index contributed by atoms with van der Waals surface area (Å²) < 4.78 is 0. The number of benzene rings is 1. The summed E-state index contributed by atoms with van der Waals surface area (Å²) in [5, 5.41) is 4.36. The Labute approximate surface area is 99.9 Å². The molecular weight excluding hydrogens is 214 g/mol. The Kier molecular flexibility index (Phi) is 2.54. The molecule has 2 aromatic rings. The van der Waals surface area contributed by atoms with E-state index in [9.17, 15) is 0 Å². The van der Waals surface area contributed by atoms with E-state index >= 15 is 0 Å². The van der Waals surface area contributed by atoms with E-state index < -0.39 is 0 Å². The van der Waals surface area contributed by atoms with Crippen LogP contribution in [0.25, 0.3) is 11.1 Å². The van der Waals surface area contributed by atoms with Crippen LogP contribution in [0.1, 0.15) is 23.1 Å². The zero-order valence-corrected chi connectivity index (χ0v) is 10.0. The largest absolute Gasteiger partial charge is 0.326 e. The summed E-state index contributed by atoms with van der Waals surface area (Å²) in [6, 6.07) is 6.88. The fourth-order valence-corrected chi connectivity index (χ4v) is 3.35. The van der Waals surface area contributed by atoms with Crippen molar-refractivity contribution in [2.75, 3.05) is 0 Å². The van der Waals surface area contributed by atoms with E-state index in [1.807, 2.05) is 0 Å². The van der Waals surface area contributed by atoms with E-state index in [1.165, 1.54) is 47.1 Å². The van der Waals surface area contributed by atoms with E-state index in [4.69, 9.17) is 5.73 Å². The van der Waals surface area contributed by atoms with E-state index in [0.29, 0.717) is 6.54 Å². The molecule has 0 fully saturated rings. The first-order valence-corrected chi connectivity index (χ1v) is 6.70. The van der Waals surface area contributed by atoms with Gasteiger partial charge in [-0.25, -0.2) is 0 Å². The molecule has 82 valence electrons. The van der Waals surface area contributed by atoms with E-state index in [-0.39, 0.29) is 0 Å². The van der Waals surface area contributed by atoms with Crippen molar-refractivity contribution in [3.63, 3.8) is 0 Å². The number of rotatable bonds is 2. The molecule has 3 rings (SSSR count). The highest BCUT2D eigenvalue weighted by Crippen LogP contribution is 2.31. The average Bonchev–Trinajstić information content (AvgIpc) is 2.96. The number of hydrogen-bond acceptors (Lipinski definition) is 2. The number of nitrogens with two attached hydrogens (primary N) is 1. The van der Waals surface area contributed by atoms with Gasteiger partial charge in [0, 0.05) is 6.54 Å². The van der Waals surface area contributed by atoms with Crippen LogP contribution in [0.4, 0.5) is 0 Å². The molecule has 1 nitrogen and oxygen atoms in total. The summed E-state index contributed by atoms with van der Waals surface area (Å²) >= 11 is 1.74. The van der Waals surface area contributed by atoms with Crippen LogP contribution in [-0.2, 0) is 19.4 Å². The van der Waals surface area contributed by atoms with Crippen LogP contribution < -0.4 is 5.73 Å². The van der Waals surface area contributed by atoms with Crippen molar-refractivity contribution < 1.29 is 0 Å². The molecule has 0 radical (unpaired) electrons. The Morgan fingerprint density at radius 2 is 2.00 bits per heavy atom. The van der Waals surface area contributed by atoms with Gasteiger partial charge in [0.1, 0.15) is 0 Å².